The minimum Gasteiger partial charge on any atom is -0.486 e. The third kappa shape index (κ3) is 4.35. The van der Waals surface area contributed by atoms with Crippen LogP contribution in [0.15, 0.2) is 54.6 Å². The molecule has 2 aromatic carbocycles. The standard InChI is InChI=1S/C23H25F3N2O3/c1-27(14-18-15-30-19-9-5-6-10-20(19)31-18)21(29)22(23(24,25)26)11-12-28(16-22)13-17-7-3-2-4-8-17/h2-10,18H,11-16H2,1H3. The molecule has 2 aliphatic heterocycles. The van der Waals surface area contributed by atoms with Gasteiger partial charge in [-0.1, -0.05) is 42.5 Å². The smallest absolute Gasteiger partial charge is 0.404 e. The second-order valence-corrected chi connectivity index (χ2v) is 8.21. The summed E-state index contributed by atoms with van der Waals surface area (Å²) in [7, 11) is 1.40. The summed E-state index contributed by atoms with van der Waals surface area (Å²) in [5, 5.41) is 0. The number of para-hydroxylation sites is 2. The lowest BCUT2D eigenvalue weighted by molar-refractivity contribution is -0.223. The molecule has 0 N–H and O–H groups in total. The lowest BCUT2D eigenvalue weighted by Crippen LogP contribution is -2.55. The second-order valence-electron chi connectivity index (χ2n) is 8.21. The summed E-state index contributed by atoms with van der Waals surface area (Å²) < 4.78 is 54.0. The Kier molecular flexibility index (Phi) is 5.83. The summed E-state index contributed by atoms with van der Waals surface area (Å²) >= 11 is 0. The third-order valence-corrected chi connectivity index (χ3v) is 5.94. The van der Waals surface area contributed by atoms with Crippen LogP contribution in [0.5, 0.6) is 11.5 Å². The number of hydrogen-bond donors (Lipinski definition) is 0. The first-order valence-electron chi connectivity index (χ1n) is 10.3. The zero-order valence-corrected chi connectivity index (χ0v) is 17.3. The first-order chi connectivity index (χ1) is 14.8. The number of likely N-dealkylation sites (tertiary alicyclic amines) is 1. The maximum absolute atomic E-state index is 14.2. The molecule has 2 aliphatic rings. The van der Waals surface area contributed by atoms with Crippen LogP contribution in [0.1, 0.15) is 12.0 Å². The fraction of sp³-hybridized carbons (Fsp3) is 0.435. The second kappa shape index (κ2) is 8.42. The SMILES string of the molecule is CN(CC1COc2ccccc2O1)C(=O)C1(C(F)(F)F)CCN(Cc2ccccc2)C1. The Morgan fingerprint density at radius 3 is 2.52 bits per heavy atom. The topological polar surface area (TPSA) is 42.0 Å². The van der Waals surface area contributed by atoms with E-state index in [1.54, 1.807) is 23.1 Å². The molecule has 0 saturated carbocycles. The van der Waals surface area contributed by atoms with E-state index >= 15 is 0 Å². The van der Waals surface area contributed by atoms with E-state index in [9.17, 15) is 18.0 Å². The lowest BCUT2D eigenvalue weighted by atomic mass is 9.84. The molecule has 2 atom stereocenters. The summed E-state index contributed by atoms with van der Waals surface area (Å²) in [6.45, 7) is 0.438. The van der Waals surface area contributed by atoms with Gasteiger partial charge in [0.2, 0.25) is 5.91 Å². The highest BCUT2D eigenvalue weighted by Crippen LogP contribution is 2.47. The molecule has 166 valence electrons. The van der Waals surface area contributed by atoms with Gasteiger partial charge in [-0.25, -0.2) is 0 Å². The summed E-state index contributed by atoms with van der Waals surface area (Å²) in [5.41, 5.74) is -1.49. The van der Waals surface area contributed by atoms with Crippen molar-refractivity contribution in [3.05, 3.63) is 60.2 Å². The fourth-order valence-corrected chi connectivity index (χ4v) is 4.30. The average molecular weight is 434 g/mol. The van der Waals surface area contributed by atoms with E-state index in [-0.39, 0.29) is 32.7 Å². The van der Waals surface area contributed by atoms with Crippen LogP contribution in [0.2, 0.25) is 0 Å². The Morgan fingerprint density at radius 2 is 1.81 bits per heavy atom. The Balaban J connectivity index is 1.45. The van der Waals surface area contributed by atoms with Gasteiger partial charge < -0.3 is 14.4 Å². The van der Waals surface area contributed by atoms with Crippen molar-refractivity contribution >= 4 is 5.91 Å². The van der Waals surface area contributed by atoms with Crippen LogP contribution in [0.3, 0.4) is 0 Å². The van der Waals surface area contributed by atoms with Gasteiger partial charge in [0, 0.05) is 20.1 Å². The van der Waals surface area contributed by atoms with Crippen LogP contribution < -0.4 is 9.47 Å². The normalized spacial score (nSPS) is 23.5. The number of hydrogen-bond acceptors (Lipinski definition) is 4. The molecule has 1 amide bonds. The first-order valence-corrected chi connectivity index (χ1v) is 10.3. The number of nitrogens with zero attached hydrogens (tertiary/aromatic N) is 2. The molecule has 4 rings (SSSR count). The van der Waals surface area contributed by atoms with Gasteiger partial charge in [0.05, 0.1) is 6.54 Å². The molecule has 2 unspecified atom stereocenters. The first kappa shape index (κ1) is 21.5. The van der Waals surface area contributed by atoms with Gasteiger partial charge in [-0.3, -0.25) is 9.69 Å². The monoisotopic (exact) mass is 434 g/mol. The molecule has 2 aromatic rings. The molecular formula is C23H25F3N2O3. The van der Waals surface area contributed by atoms with E-state index in [1.165, 1.54) is 7.05 Å². The summed E-state index contributed by atoms with van der Waals surface area (Å²) in [5.74, 6) is 0.199. The van der Waals surface area contributed by atoms with E-state index in [0.29, 0.717) is 18.0 Å². The molecule has 8 heteroatoms. The Bertz CT molecular complexity index is 922. The Hall–Kier alpha value is -2.74. The van der Waals surface area contributed by atoms with Crippen LogP contribution in [0.25, 0.3) is 0 Å². The lowest BCUT2D eigenvalue weighted by Gasteiger charge is -2.36. The van der Waals surface area contributed by atoms with E-state index in [1.807, 2.05) is 36.4 Å². The average Bonchev–Trinajstić information content (AvgIpc) is 3.19. The van der Waals surface area contributed by atoms with Gasteiger partial charge >= 0.3 is 6.18 Å². The number of carbonyl (C=O) groups excluding carboxylic acids is 1. The van der Waals surface area contributed by atoms with Crippen LogP contribution in [0.4, 0.5) is 13.2 Å². The number of alkyl halides is 3. The predicted molar refractivity (Wildman–Crippen MR) is 109 cm³/mol. The Labute approximate surface area is 179 Å². The van der Waals surface area contributed by atoms with Gasteiger partial charge in [-0.05, 0) is 30.7 Å². The predicted octanol–water partition coefficient (Wildman–Crippen LogP) is 3.74. The molecule has 0 aromatic heterocycles. The minimum absolute atomic E-state index is 0.0175. The van der Waals surface area contributed by atoms with Crippen molar-refractivity contribution in [1.82, 2.24) is 9.80 Å². The van der Waals surface area contributed by atoms with E-state index in [0.717, 1.165) is 10.5 Å². The van der Waals surface area contributed by atoms with Crippen LogP contribution in [-0.4, -0.2) is 61.3 Å². The van der Waals surface area contributed by atoms with Gasteiger partial charge in [-0.2, -0.15) is 13.2 Å². The molecule has 0 aliphatic carbocycles. The van der Waals surface area contributed by atoms with Gasteiger partial charge in [0.15, 0.2) is 23.0 Å². The van der Waals surface area contributed by atoms with Gasteiger partial charge in [0.1, 0.15) is 6.61 Å². The zero-order valence-electron chi connectivity index (χ0n) is 17.3. The number of rotatable bonds is 5. The van der Waals surface area contributed by atoms with E-state index < -0.39 is 23.6 Å². The summed E-state index contributed by atoms with van der Waals surface area (Å²) in [6, 6.07) is 16.4. The fourth-order valence-electron chi connectivity index (χ4n) is 4.30. The molecule has 2 heterocycles. The van der Waals surface area contributed by atoms with Crippen molar-refractivity contribution in [2.45, 2.75) is 25.2 Å². The zero-order chi connectivity index (χ0) is 22.1. The third-order valence-electron chi connectivity index (χ3n) is 5.94. The number of amides is 1. The number of halogens is 3. The van der Waals surface area contributed by atoms with Crippen molar-refractivity contribution in [3.63, 3.8) is 0 Å². The highest BCUT2D eigenvalue weighted by atomic mass is 19.4. The number of carbonyl (C=O) groups is 1. The van der Waals surface area contributed by atoms with Gasteiger partial charge in [-0.15, -0.1) is 0 Å². The highest BCUT2D eigenvalue weighted by Gasteiger charge is 2.63. The number of benzene rings is 2. The van der Waals surface area contributed by atoms with Crippen LogP contribution >= 0.6 is 0 Å². The largest absolute Gasteiger partial charge is 0.486 e. The molecule has 0 bridgehead atoms. The minimum atomic E-state index is -4.64. The van der Waals surface area contributed by atoms with E-state index in [2.05, 4.69) is 0 Å². The molecule has 1 fully saturated rings. The number of ether oxygens (including phenoxy) is 2. The number of fused-ring (bicyclic) bond motifs is 1. The van der Waals surface area contributed by atoms with Crippen LogP contribution in [0, 0.1) is 5.41 Å². The quantitative estimate of drug-likeness (QED) is 0.719. The molecular weight excluding hydrogens is 409 g/mol. The van der Waals surface area contributed by atoms with Crippen molar-refractivity contribution < 1.29 is 27.4 Å². The van der Waals surface area contributed by atoms with Crippen molar-refractivity contribution in [2.24, 2.45) is 5.41 Å². The number of likely N-dealkylation sites (N-methyl/N-ethyl adjacent to an activating group) is 1. The molecule has 31 heavy (non-hydrogen) atoms. The Morgan fingerprint density at radius 1 is 1.13 bits per heavy atom. The molecule has 0 radical (unpaired) electrons. The van der Waals surface area contributed by atoms with Crippen molar-refractivity contribution in [2.75, 3.05) is 33.3 Å². The van der Waals surface area contributed by atoms with Crippen molar-refractivity contribution in [3.8, 4) is 11.5 Å². The maximum Gasteiger partial charge on any atom is 0.404 e. The molecule has 0 spiro atoms. The van der Waals surface area contributed by atoms with Crippen LogP contribution in [-0.2, 0) is 11.3 Å². The van der Waals surface area contributed by atoms with E-state index in [4.69, 9.17) is 9.47 Å². The summed E-state index contributed by atoms with van der Waals surface area (Å²) in [4.78, 5) is 16.0. The maximum atomic E-state index is 14.2. The van der Waals surface area contributed by atoms with Crippen molar-refractivity contribution in [1.29, 1.82) is 0 Å². The summed E-state index contributed by atoms with van der Waals surface area (Å²) in [6.07, 6.45) is -5.42. The molecule has 1 saturated heterocycles. The van der Waals surface area contributed by atoms with Gasteiger partial charge in [0.25, 0.3) is 0 Å². The molecule has 5 nitrogen and oxygen atoms in total. The highest BCUT2D eigenvalue weighted by molar-refractivity contribution is 5.84.